The fourth-order valence-electron chi connectivity index (χ4n) is 3.80. The van der Waals surface area contributed by atoms with Gasteiger partial charge in [-0.15, -0.1) is 11.8 Å². The summed E-state index contributed by atoms with van der Waals surface area (Å²) >= 11 is 1.82. The third-order valence-corrected chi connectivity index (χ3v) is 5.42. The number of rotatable bonds is 0. The monoisotopic (exact) mass is 273 g/mol. The molecular weight excluding hydrogens is 250 g/mol. The molecule has 1 aliphatic carbocycles. The number of benzene rings is 1. The molecule has 1 heterocycles. The zero-order valence-electron chi connectivity index (χ0n) is 12.0. The maximum Gasteiger partial charge on any atom is 0.0983 e. The highest BCUT2D eigenvalue weighted by Crippen LogP contribution is 2.43. The number of hydrogen-bond acceptors (Lipinski definition) is 2. The SMILES string of the molecule is CSC1=NC2(CCCCC2)CC(C)c2ccccc21. The Hall–Kier alpha value is -0.760. The van der Waals surface area contributed by atoms with Crippen LogP contribution >= 0.6 is 11.8 Å². The van der Waals surface area contributed by atoms with Gasteiger partial charge in [0.1, 0.15) is 0 Å². The van der Waals surface area contributed by atoms with Crippen LogP contribution in [0.5, 0.6) is 0 Å². The van der Waals surface area contributed by atoms with Gasteiger partial charge in [-0.1, -0.05) is 50.5 Å². The zero-order chi connectivity index (χ0) is 13.3. The Balaban J connectivity index is 2.07. The molecule has 0 amide bonds. The molecule has 19 heavy (non-hydrogen) atoms. The van der Waals surface area contributed by atoms with Crippen LogP contribution < -0.4 is 0 Å². The van der Waals surface area contributed by atoms with E-state index in [0.717, 1.165) is 0 Å². The lowest BCUT2D eigenvalue weighted by Gasteiger charge is -2.35. The van der Waals surface area contributed by atoms with E-state index in [2.05, 4.69) is 37.4 Å². The predicted octanol–water partition coefficient (Wildman–Crippen LogP) is 5.01. The molecule has 2 heteroatoms. The molecular formula is C17H23NS. The molecule has 1 aromatic carbocycles. The lowest BCUT2D eigenvalue weighted by atomic mass is 9.75. The van der Waals surface area contributed by atoms with Gasteiger partial charge >= 0.3 is 0 Å². The van der Waals surface area contributed by atoms with Crippen molar-refractivity contribution in [3.8, 4) is 0 Å². The van der Waals surface area contributed by atoms with E-state index in [9.17, 15) is 0 Å². The molecule has 0 N–H and O–H groups in total. The van der Waals surface area contributed by atoms with Gasteiger partial charge in [-0.2, -0.15) is 0 Å². The van der Waals surface area contributed by atoms with Crippen LogP contribution in [-0.4, -0.2) is 16.8 Å². The molecule has 1 spiro atoms. The van der Waals surface area contributed by atoms with E-state index in [4.69, 9.17) is 4.99 Å². The van der Waals surface area contributed by atoms with Gasteiger partial charge in [0.05, 0.1) is 10.6 Å². The van der Waals surface area contributed by atoms with Crippen molar-refractivity contribution in [2.75, 3.05) is 6.26 Å². The second-order valence-corrected chi connectivity index (χ2v) is 6.89. The summed E-state index contributed by atoms with van der Waals surface area (Å²) in [6.07, 6.45) is 10.1. The average molecular weight is 273 g/mol. The van der Waals surface area contributed by atoms with E-state index in [1.54, 1.807) is 0 Å². The molecule has 0 saturated heterocycles. The molecule has 1 aromatic rings. The topological polar surface area (TPSA) is 12.4 Å². The van der Waals surface area contributed by atoms with Crippen LogP contribution in [0.1, 0.15) is 62.5 Å². The summed E-state index contributed by atoms with van der Waals surface area (Å²) in [6.45, 7) is 2.38. The molecule has 1 fully saturated rings. The van der Waals surface area contributed by atoms with Crippen molar-refractivity contribution in [2.45, 2.75) is 56.9 Å². The Bertz CT molecular complexity index is 486. The van der Waals surface area contributed by atoms with E-state index < -0.39 is 0 Å². The summed E-state index contributed by atoms with van der Waals surface area (Å²) < 4.78 is 0. The summed E-state index contributed by atoms with van der Waals surface area (Å²) in [4.78, 5) is 5.26. The van der Waals surface area contributed by atoms with Crippen molar-refractivity contribution in [3.63, 3.8) is 0 Å². The average Bonchev–Trinajstić information content (AvgIpc) is 2.56. The van der Waals surface area contributed by atoms with Gasteiger partial charge in [-0.25, -0.2) is 0 Å². The van der Waals surface area contributed by atoms with Crippen LogP contribution in [0.4, 0.5) is 0 Å². The molecule has 102 valence electrons. The van der Waals surface area contributed by atoms with Crippen LogP contribution in [0, 0.1) is 0 Å². The molecule has 1 unspecified atom stereocenters. The van der Waals surface area contributed by atoms with E-state index >= 15 is 0 Å². The lowest BCUT2D eigenvalue weighted by Crippen LogP contribution is -2.31. The Morgan fingerprint density at radius 2 is 1.89 bits per heavy atom. The summed E-state index contributed by atoms with van der Waals surface area (Å²) in [5.74, 6) is 0.627. The summed E-state index contributed by atoms with van der Waals surface area (Å²) in [5.41, 5.74) is 3.11. The third-order valence-electron chi connectivity index (χ3n) is 4.72. The van der Waals surface area contributed by atoms with E-state index in [0.29, 0.717) is 5.92 Å². The summed E-state index contributed by atoms with van der Waals surface area (Å²) in [6, 6.07) is 8.87. The Morgan fingerprint density at radius 3 is 2.63 bits per heavy atom. The largest absolute Gasteiger partial charge is 0.271 e. The van der Waals surface area contributed by atoms with Gasteiger partial charge in [-0.05, 0) is 37.0 Å². The van der Waals surface area contributed by atoms with Crippen LogP contribution in [0.25, 0.3) is 0 Å². The van der Waals surface area contributed by atoms with Crippen LogP contribution in [0.3, 0.4) is 0 Å². The number of aliphatic imine (C=N–C) groups is 1. The second-order valence-electron chi connectivity index (χ2n) is 6.10. The molecule has 0 radical (unpaired) electrons. The second kappa shape index (κ2) is 5.32. The third kappa shape index (κ3) is 2.47. The molecule has 1 saturated carbocycles. The Labute approximate surface area is 120 Å². The highest BCUT2D eigenvalue weighted by molar-refractivity contribution is 8.13. The predicted molar refractivity (Wildman–Crippen MR) is 85.3 cm³/mol. The van der Waals surface area contributed by atoms with Crippen LogP contribution in [0.2, 0.25) is 0 Å². The number of hydrogen-bond donors (Lipinski definition) is 0. The normalized spacial score (nSPS) is 25.6. The van der Waals surface area contributed by atoms with Gasteiger partial charge in [0.2, 0.25) is 0 Å². The van der Waals surface area contributed by atoms with Gasteiger partial charge in [0, 0.05) is 5.56 Å². The highest BCUT2D eigenvalue weighted by Gasteiger charge is 2.36. The first-order valence-corrected chi connectivity index (χ1v) is 8.70. The van der Waals surface area contributed by atoms with Crippen LogP contribution in [-0.2, 0) is 0 Å². The molecule has 1 atom stereocenters. The fourth-order valence-corrected chi connectivity index (χ4v) is 4.49. The Morgan fingerprint density at radius 1 is 1.16 bits per heavy atom. The van der Waals surface area contributed by atoms with Gasteiger partial charge in [0.15, 0.2) is 0 Å². The molecule has 0 aromatic heterocycles. The quantitative estimate of drug-likeness (QED) is 0.647. The number of fused-ring (bicyclic) bond motifs is 1. The maximum absolute atomic E-state index is 5.26. The van der Waals surface area contributed by atoms with Crippen LogP contribution in [0.15, 0.2) is 29.3 Å². The fraction of sp³-hybridized carbons (Fsp3) is 0.588. The number of thioether (sulfide) groups is 1. The smallest absolute Gasteiger partial charge is 0.0983 e. The first-order valence-electron chi connectivity index (χ1n) is 7.47. The van der Waals surface area contributed by atoms with Gasteiger partial charge in [0.25, 0.3) is 0 Å². The van der Waals surface area contributed by atoms with Crippen molar-refractivity contribution >= 4 is 16.8 Å². The Kier molecular flexibility index (Phi) is 3.70. The maximum atomic E-state index is 5.26. The van der Waals surface area contributed by atoms with Gasteiger partial charge in [-0.3, -0.25) is 4.99 Å². The first kappa shape index (κ1) is 13.2. The van der Waals surface area contributed by atoms with Crippen molar-refractivity contribution < 1.29 is 0 Å². The minimum absolute atomic E-state index is 0.231. The van der Waals surface area contributed by atoms with E-state index in [1.807, 2.05) is 11.8 Å². The first-order chi connectivity index (χ1) is 9.24. The molecule has 1 aliphatic heterocycles. The zero-order valence-corrected chi connectivity index (χ0v) is 12.8. The van der Waals surface area contributed by atoms with Crippen molar-refractivity contribution in [3.05, 3.63) is 35.4 Å². The summed E-state index contributed by atoms with van der Waals surface area (Å²) in [5, 5.41) is 1.27. The summed E-state index contributed by atoms with van der Waals surface area (Å²) in [7, 11) is 0. The lowest BCUT2D eigenvalue weighted by molar-refractivity contribution is 0.269. The van der Waals surface area contributed by atoms with E-state index in [-0.39, 0.29) is 5.54 Å². The minimum atomic E-state index is 0.231. The number of nitrogens with zero attached hydrogens (tertiary/aromatic N) is 1. The van der Waals surface area contributed by atoms with E-state index in [1.165, 1.54) is 54.7 Å². The van der Waals surface area contributed by atoms with Crippen molar-refractivity contribution in [2.24, 2.45) is 4.99 Å². The molecule has 3 rings (SSSR count). The molecule has 2 aliphatic rings. The minimum Gasteiger partial charge on any atom is -0.271 e. The molecule has 1 nitrogen and oxygen atoms in total. The van der Waals surface area contributed by atoms with Crippen molar-refractivity contribution in [1.29, 1.82) is 0 Å². The highest BCUT2D eigenvalue weighted by atomic mass is 32.2. The van der Waals surface area contributed by atoms with Gasteiger partial charge < -0.3 is 0 Å². The standard InChI is InChI=1S/C17H23NS/c1-13-12-17(10-6-3-7-11-17)18-16(19-2)15-9-5-4-8-14(13)15/h4-5,8-9,13H,3,6-7,10-12H2,1-2H3. The van der Waals surface area contributed by atoms with Crippen molar-refractivity contribution in [1.82, 2.24) is 0 Å². The molecule has 0 bridgehead atoms.